The fourth-order valence-corrected chi connectivity index (χ4v) is 5.13. The molecular formula is C35H35NO4. The summed E-state index contributed by atoms with van der Waals surface area (Å²) in [5.41, 5.74) is 5.52. The molecule has 204 valence electrons. The van der Waals surface area contributed by atoms with Crippen molar-refractivity contribution in [1.29, 1.82) is 0 Å². The van der Waals surface area contributed by atoms with E-state index in [0.717, 1.165) is 54.1 Å². The lowest BCUT2D eigenvalue weighted by Crippen LogP contribution is -2.31. The summed E-state index contributed by atoms with van der Waals surface area (Å²) in [4.78, 5) is 14.2. The third-order valence-electron chi connectivity index (χ3n) is 7.30. The molecule has 4 aromatic carbocycles. The molecule has 0 bridgehead atoms. The molecule has 0 aliphatic heterocycles. The number of furan rings is 1. The maximum absolute atomic E-state index is 11.7. The fraction of sp³-hybridized carbons (Fsp3) is 0.229. The molecular weight excluding hydrogens is 498 g/mol. The number of benzene rings is 4. The molecule has 0 saturated heterocycles. The predicted molar refractivity (Wildman–Crippen MR) is 159 cm³/mol. The molecule has 0 radical (unpaired) electrons. The average Bonchev–Trinajstić information content (AvgIpc) is 3.42. The molecule has 0 aliphatic rings. The van der Waals surface area contributed by atoms with Gasteiger partial charge in [-0.2, -0.15) is 0 Å². The van der Waals surface area contributed by atoms with Crippen molar-refractivity contribution < 1.29 is 18.7 Å². The monoisotopic (exact) mass is 533 g/mol. The summed E-state index contributed by atoms with van der Waals surface area (Å²) in [5.74, 6) is 1.76. The second-order valence-electron chi connectivity index (χ2n) is 10.0. The Morgan fingerprint density at radius 3 is 2.08 bits per heavy atom. The number of fused-ring (bicyclic) bond motifs is 1. The lowest BCUT2D eigenvalue weighted by atomic mass is 9.90. The Morgan fingerprint density at radius 2 is 1.45 bits per heavy atom. The van der Waals surface area contributed by atoms with Crippen LogP contribution < -0.4 is 4.74 Å². The van der Waals surface area contributed by atoms with Crippen molar-refractivity contribution in [2.45, 2.75) is 25.3 Å². The van der Waals surface area contributed by atoms with Gasteiger partial charge in [0.1, 0.15) is 17.1 Å². The van der Waals surface area contributed by atoms with E-state index in [1.54, 1.807) is 7.11 Å². The molecule has 40 heavy (non-hydrogen) atoms. The lowest BCUT2D eigenvalue weighted by Gasteiger charge is -2.28. The van der Waals surface area contributed by atoms with Crippen LogP contribution in [0.2, 0.25) is 0 Å². The zero-order valence-corrected chi connectivity index (χ0v) is 23.1. The van der Waals surface area contributed by atoms with Gasteiger partial charge in [0, 0.05) is 37.4 Å². The molecule has 0 atom stereocenters. The van der Waals surface area contributed by atoms with E-state index in [1.807, 2.05) is 30.3 Å². The molecule has 1 aromatic heterocycles. The van der Waals surface area contributed by atoms with E-state index in [9.17, 15) is 4.79 Å². The summed E-state index contributed by atoms with van der Waals surface area (Å²) in [6, 6.07) is 37.8. The largest absolute Gasteiger partial charge is 0.497 e. The molecule has 5 heteroatoms. The zero-order chi connectivity index (χ0) is 27.7. The number of hydrogen-bond donors (Lipinski definition) is 0. The van der Waals surface area contributed by atoms with Gasteiger partial charge in [-0.15, -0.1) is 0 Å². The SMILES string of the molecule is COC(=O)Cc1ccc2cc(CCN(Cc3ccc(OC)cc3)CC(c3ccccc3)c3ccccc3)oc2c1. The molecule has 5 aromatic rings. The maximum atomic E-state index is 11.7. The summed E-state index contributed by atoms with van der Waals surface area (Å²) < 4.78 is 16.4. The average molecular weight is 534 g/mol. The van der Waals surface area contributed by atoms with Crippen LogP contribution in [0.25, 0.3) is 11.0 Å². The Hall–Kier alpha value is -4.35. The molecule has 0 saturated carbocycles. The Bertz CT molecular complexity index is 1470. The van der Waals surface area contributed by atoms with Gasteiger partial charge in [-0.1, -0.05) is 84.9 Å². The van der Waals surface area contributed by atoms with E-state index in [2.05, 4.69) is 83.8 Å². The summed E-state index contributed by atoms with van der Waals surface area (Å²) >= 11 is 0. The van der Waals surface area contributed by atoms with Crippen LogP contribution in [-0.4, -0.2) is 38.2 Å². The molecule has 0 spiro atoms. The molecule has 5 nitrogen and oxygen atoms in total. The molecule has 0 unspecified atom stereocenters. The Balaban J connectivity index is 1.38. The van der Waals surface area contributed by atoms with Crippen LogP contribution in [0.3, 0.4) is 0 Å². The molecule has 0 N–H and O–H groups in total. The first-order valence-electron chi connectivity index (χ1n) is 13.6. The van der Waals surface area contributed by atoms with Gasteiger partial charge in [0.05, 0.1) is 20.6 Å². The first kappa shape index (κ1) is 27.2. The van der Waals surface area contributed by atoms with Gasteiger partial charge < -0.3 is 13.9 Å². The van der Waals surface area contributed by atoms with E-state index in [1.165, 1.54) is 23.8 Å². The van der Waals surface area contributed by atoms with Crippen LogP contribution in [-0.2, 0) is 28.9 Å². The smallest absolute Gasteiger partial charge is 0.309 e. The lowest BCUT2D eigenvalue weighted by molar-refractivity contribution is -0.139. The number of nitrogens with zero attached hydrogens (tertiary/aromatic N) is 1. The van der Waals surface area contributed by atoms with Crippen molar-refractivity contribution in [3.05, 3.63) is 137 Å². The molecule has 5 rings (SSSR count). The first-order chi connectivity index (χ1) is 19.6. The summed E-state index contributed by atoms with van der Waals surface area (Å²) in [6.45, 7) is 2.50. The van der Waals surface area contributed by atoms with E-state index >= 15 is 0 Å². The van der Waals surface area contributed by atoms with Crippen molar-refractivity contribution >= 4 is 16.9 Å². The number of carbonyl (C=O) groups is 1. The number of methoxy groups -OCH3 is 2. The van der Waals surface area contributed by atoms with Crippen molar-refractivity contribution in [3.63, 3.8) is 0 Å². The van der Waals surface area contributed by atoms with Crippen LogP contribution in [0.1, 0.15) is 33.9 Å². The topological polar surface area (TPSA) is 51.9 Å². The van der Waals surface area contributed by atoms with Crippen molar-refractivity contribution in [2.75, 3.05) is 27.3 Å². The standard InChI is InChI=1S/C35H35NO4/c1-38-31-17-14-26(15-18-31)24-36(25-33(28-9-5-3-6-10-28)29-11-7-4-8-12-29)20-19-32-23-30-16-13-27(21-34(30)40-32)22-35(37)39-2/h3-18,21,23,33H,19-20,22,24-25H2,1-2H3. The van der Waals surface area contributed by atoms with Gasteiger partial charge in [-0.25, -0.2) is 0 Å². The quantitative estimate of drug-likeness (QED) is 0.161. The second kappa shape index (κ2) is 13.1. The van der Waals surface area contributed by atoms with Gasteiger partial charge in [0.15, 0.2) is 0 Å². The minimum atomic E-state index is -0.258. The number of esters is 1. The normalized spacial score (nSPS) is 11.3. The minimum absolute atomic E-state index is 0.234. The first-order valence-corrected chi connectivity index (χ1v) is 13.6. The zero-order valence-electron chi connectivity index (χ0n) is 23.1. The Kier molecular flexibility index (Phi) is 8.94. The molecule has 1 heterocycles. The minimum Gasteiger partial charge on any atom is -0.497 e. The highest BCUT2D eigenvalue weighted by molar-refractivity contribution is 5.80. The van der Waals surface area contributed by atoms with Crippen molar-refractivity contribution in [3.8, 4) is 5.75 Å². The third kappa shape index (κ3) is 6.99. The van der Waals surface area contributed by atoms with Gasteiger partial charge in [-0.05, 0) is 46.5 Å². The fourth-order valence-electron chi connectivity index (χ4n) is 5.13. The molecule has 0 fully saturated rings. The van der Waals surface area contributed by atoms with Gasteiger partial charge in [-0.3, -0.25) is 9.69 Å². The van der Waals surface area contributed by atoms with Gasteiger partial charge in [0.2, 0.25) is 0 Å². The summed E-state index contributed by atoms with van der Waals surface area (Å²) in [6.07, 6.45) is 1.01. The van der Waals surface area contributed by atoms with Crippen molar-refractivity contribution in [1.82, 2.24) is 4.90 Å². The number of carbonyl (C=O) groups excluding carboxylic acids is 1. The van der Waals surface area contributed by atoms with Crippen LogP contribution in [0, 0.1) is 0 Å². The highest BCUT2D eigenvalue weighted by Crippen LogP contribution is 2.27. The van der Waals surface area contributed by atoms with Gasteiger partial charge in [0.25, 0.3) is 0 Å². The number of hydrogen-bond acceptors (Lipinski definition) is 5. The number of ether oxygens (including phenoxy) is 2. The Morgan fingerprint density at radius 1 is 0.800 bits per heavy atom. The Labute approximate surface area is 236 Å². The van der Waals surface area contributed by atoms with Crippen molar-refractivity contribution in [2.24, 2.45) is 0 Å². The summed E-state index contributed by atoms with van der Waals surface area (Å²) in [7, 11) is 3.10. The highest BCUT2D eigenvalue weighted by Gasteiger charge is 2.19. The van der Waals surface area contributed by atoms with Crippen LogP contribution in [0.15, 0.2) is 114 Å². The second-order valence-corrected chi connectivity index (χ2v) is 10.0. The van der Waals surface area contributed by atoms with Crippen LogP contribution >= 0.6 is 0 Å². The molecule has 0 aliphatic carbocycles. The third-order valence-corrected chi connectivity index (χ3v) is 7.30. The summed E-state index contributed by atoms with van der Waals surface area (Å²) in [5, 5.41) is 1.04. The predicted octanol–water partition coefficient (Wildman–Crippen LogP) is 7.03. The van der Waals surface area contributed by atoms with E-state index in [-0.39, 0.29) is 18.3 Å². The molecule has 0 amide bonds. The highest BCUT2D eigenvalue weighted by atomic mass is 16.5. The van der Waals surface area contributed by atoms with Gasteiger partial charge >= 0.3 is 5.97 Å². The van der Waals surface area contributed by atoms with E-state index in [0.29, 0.717) is 0 Å². The number of rotatable bonds is 12. The maximum Gasteiger partial charge on any atom is 0.309 e. The van der Waals surface area contributed by atoms with Crippen LogP contribution in [0.4, 0.5) is 0 Å². The van der Waals surface area contributed by atoms with Crippen LogP contribution in [0.5, 0.6) is 5.75 Å². The van der Waals surface area contributed by atoms with E-state index < -0.39 is 0 Å². The van der Waals surface area contributed by atoms with E-state index in [4.69, 9.17) is 13.9 Å².